The Kier molecular flexibility index (Phi) is 5.61. The maximum atomic E-state index is 13.1. The first-order chi connectivity index (χ1) is 18.1. The topological polar surface area (TPSA) is 63.7 Å². The van der Waals surface area contributed by atoms with Gasteiger partial charge in [0.15, 0.2) is 0 Å². The number of rotatable bonds is 5. The van der Waals surface area contributed by atoms with Crippen LogP contribution in [-0.4, -0.2) is 13.1 Å². The van der Waals surface area contributed by atoms with Crippen molar-refractivity contribution in [1.29, 1.82) is 0 Å². The first-order valence-electron chi connectivity index (χ1n) is 12.4. The summed E-state index contributed by atoms with van der Waals surface area (Å²) in [6.45, 7) is 5.94. The molecule has 0 radical (unpaired) electrons. The summed E-state index contributed by atoms with van der Waals surface area (Å²) in [5, 5.41) is 3.72. The quantitative estimate of drug-likeness (QED) is 0.240. The fourth-order valence-electron chi connectivity index (χ4n) is 5.10. The zero-order chi connectivity index (χ0) is 25.5. The van der Waals surface area contributed by atoms with Crippen LogP contribution >= 0.6 is 0 Å². The van der Waals surface area contributed by atoms with Gasteiger partial charge >= 0.3 is 11.3 Å². The summed E-state index contributed by atoms with van der Waals surface area (Å²) in [6, 6.07) is 28.9. The molecular formula is C32H25NO4. The summed E-state index contributed by atoms with van der Waals surface area (Å²) in [5.74, 6) is 0. The van der Waals surface area contributed by atoms with Gasteiger partial charge in [-0.3, -0.25) is 0 Å². The Morgan fingerprint density at radius 2 is 1.43 bits per heavy atom. The van der Waals surface area contributed by atoms with Crippen molar-refractivity contribution in [1.82, 2.24) is 0 Å². The lowest BCUT2D eigenvalue weighted by Crippen LogP contribution is -2.21. The second-order valence-electron chi connectivity index (χ2n) is 9.06. The molecular weight excluding hydrogens is 462 g/mol. The Morgan fingerprint density at radius 1 is 0.622 bits per heavy atom. The highest BCUT2D eigenvalue weighted by Gasteiger charge is 2.15. The van der Waals surface area contributed by atoms with Crippen LogP contribution in [0.3, 0.4) is 0 Å². The number of hydrogen-bond acceptors (Lipinski definition) is 5. The third kappa shape index (κ3) is 3.99. The molecule has 0 N–H and O–H groups in total. The third-order valence-corrected chi connectivity index (χ3v) is 6.98. The largest absolute Gasteiger partial charge is 0.423 e. The minimum atomic E-state index is -0.419. The van der Waals surface area contributed by atoms with Crippen LogP contribution in [0.1, 0.15) is 13.8 Å². The monoisotopic (exact) mass is 487 g/mol. The van der Waals surface area contributed by atoms with Crippen LogP contribution in [-0.2, 0) is 0 Å². The number of fused-ring (bicyclic) bond motifs is 3. The summed E-state index contributed by atoms with van der Waals surface area (Å²) < 4.78 is 11.3. The Bertz CT molecular complexity index is 1910. The minimum Gasteiger partial charge on any atom is -0.423 e. The molecule has 0 amide bonds. The first kappa shape index (κ1) is 22.8. The zero-order valence-electron chi connectivity index (χ0n) is 20.7. The van der Waals surface area contributed by atoms with Crippen LogP contribution in [0, 0.1) is 0 Å². The predicted molar refractivity (Wildman–Crippen MR) is 150 cm³/mol. The van der Waals surface area contributed by atoms with Gasteiger partial charge in [-0.25, -0.2) is 9.59 Å². The van der Waals surface area contributed by atoms with Crippen molar-refractivity contribution < 1.29 is 8.83 Å². The Balaban J connectivity index is 1.54. The minimum absolute atomic E-state index is 0.410. The molecule has 5 heteroatoms. The highest BCUT2D eigenvalue weighted by atomic mass is 16.4. The lowest BCUT2D eigenvalue weighted by Gasteiger charge is -2.21. The number of nitrogens with zero attached hydrogens (tertiary/aromatic N) is 1. The summed E-state index contributed by atoms with van der Waals surface area (Å²) in [4.78, 5) is 27.8. The van der Waals surface area contributed by atoms with Gasteiger partial charge in [0.1, 0.15) is 11.2 Å². The second-order valence-corrected chi connectivity index (χ2v) is 9.06. The fraction of sp³-hybridized carbons (Fsp3) is 0.125. The summed E-state index contributed by atoms with van der Waals surface area (Å²) in [6.07, 6.45) is 0. The molecule has 2 aromatic heterocycles. The highest BCUT2D eigenvalue weighted by molar-refractivity contribution is 6.05. The smallest absolute Gasteiger partial charge is 0.344 e. The molecule has 0 aliphatic rings. The lowest BCUT2D eigenvalue weighted by molar-refractivity contribution is 0.561. The molecule has 0 bridgehead atoms. The normalized spacial score (nSPS) is 11.4. The number of anilines is 1. The van der Waals surface area contributed by atoms with E-state index in [2.05, 4.69) is 18.7 Å². The van der Waals surface area contributed by atoms with Crippen molar-refractivity contribution in [3.8, 4) is 22.3 Å². The highest BCUT2D eigenvalue weighted by Crippen LogP contribution is 2.35. The van der Waals surface area contributed by atoms with E-state index in [1.54, 1.807) is 12.1 Å². The Labute approximate surface area is 213 Å². The first-order valence-corrected chi connectivity index (χ1v) is 12.4. The van der Waals surface area contributed by atoms with Crippen LogP contribution in [0.5, 0.6) is 0 Å². The zero-order valence-corrected chi connectivity index (χ0v) is 20.7. The SMILES string of the molecule is CCN(CC)c1ccc2cc(-c3ccc4oc(=O)cc(-c5cccc6ccccc56)c4c3)c(=O)oc2c1. The molecule has 2 heterocycles. The van der Waals surface area contributed by atoms with Crippen LogP contribution < -0.4 is 16.2 Å². The fourth-order valence-corrected chi connectivity index (χ4v) is 5.10. The van der Waals surface area contributed by atoms with E-state index < -0.39 is 11.3 Å². The van der Waals surface area contributed by atoms with E-state index in [0.29, 0.717) is 22.3 Å². The molecule has 4 aromatic carbocycles. The maximum Gasteiger partial charge on any atom is 0.344 e. The molecule has 0 saturated carbocycles. The van der Waals surface area contributed by atoms with Crippen LogP contribution in [0.2, 0.25) is 0 Å². The van der Waals surface area contributed by atoms with Gasteiger partial charge in [0.05, 0.1) is 5.56 Å². The van der Waals surface area contributed by atoms with Gasteiger partial charge in [0.2, 0.25) is 0 Å². The average molecular weight is 488 g/mol. The molecule has 0 atom stereocenters. The number of hydrogen-bond donors (Lipinski definition) is 0. The van der Waals surface area contributed by atoms with Crippen molar-refractivity contribution in [3.63, 3.8) is 0 Å². The van der Waals surface area contributed by atoms with E-state index in [-0.39, 0.29) is 0 Å². The van der Waals surface area contributed by atoms with Crippen LogP contribution in [0.4, 0.5) is 5.69 Å². The maximum absolute atomic E-state index is 13.1. The van der Waals surface area contributed by atoms with Crippen molar-refractivity contribution in [2.45, 2.75) is 13.8 Å². The Hall–Kier alpha value is -4.64. The van der Waals surface area contributed by atoms with Crippen LogP contribution in [0.15, 0.2) is 109 Å². The van der Waals surface area contributed by atoms with E-state index in [0.717, 1.165) is 51.4 Å². The van der Waals surface area contributed by atoms with E-state index in [1.807, 2.05) is 72.8 Å². The predicted octanol–water partition coefficient (Wildman–Crippen LogP) is 7.23. The van der Waals surface area contributed by atoms with Crippen LogP contribution in [0.25, 0.3) is 55.0 Å². The lowest BCUT2D eigenvalue weighted by atomic mass is 9.94. The van der Waals surface area contributed by atoms with Gasteiger partial charge in [0, 0.05) is 47.2 Å². The van der Waals surface area contributed by atoms with Crippen molar-refractivity contribution in [2.75, 3.05) is 18.0 Å². The molecule has 182 valence electrons. The molecule has 37 heavy (non-hydrogen) atoms. The Morgan fingerprint density at radius 3 is 2.27 bits per heavy atom. The molecule has 5 nitrogen and oxygen atoms in total. The van der Waals surface area contributed by atoms with Gasteiger partial charge in [0.25, 0.3) is 0 Å². The second kappa shape index (κ2) is 9.10. The van der Waals surface area contributed by atoms with Crippen molar-refractivity contribution in [3.05, 3.63) is 112 Å². The van der Waals surface area contributed by atoms with Crippen molar-refractivity contribution in [2.24, 2.45) is 0 Å². The van der Waals surface area contributed by atoms with E-state index >= 15 is 0 Å². The van der Waals surface area contributed by atoms with E-state index in [4.69, 9.17) is 8.83 Å². The average Bonchev–Trinajstić information content (AvgIpc) is 2.92. The number of benzene rings is 4. The molecule has 0 saturated heterocycles. The van der Waals surface area contributed by atoms with Gasteiger partial charge in [-0.2, -0.15) is 0 Å². The van der Waals surface area contributed by atoms with Gasteiger partial charge in [-0.15, -0.1) is 0 Å². The molecule has 0 unspecified atom stereocenters. The molecule has 6 rings (SSSR count). The van der Waals surface area contributed by atoms with Gasteiger partial charge < -0.3 is 13.7 Å². The standard InChI is InChI=1S/C32H25NO4/c1-3-33(4-2)23-14-12-22-17-26(32(35)37-30(22)18-23)21-13-15-29-28(16-21)27(19-31(34)36-29)25-11-7-9-20-8-5-6-10-24(20)25/h5-19H,3-4H2,1-2H3. The molecule has 0 aliphatic carbocycles. The molecule has 0 aliphatic heterocycles. The molecule has 6 aromatic rings. The molecule has 0 fully saturated rings. The summed E-state index contributed by atoms with van der Waals surface area (Å²) in [5.41, 5.74) is 4.07. The molecule has 0 spiro atoms. The van der Waals surface area contributed by atoms with Gasteiger partial charge in [-0.1, -0.05) is 48.5 Å². The van der Waals surface area contributed by atoms with Gasteiger partial charge in [-0.05, 0) is 66.1 Å². The van der Waals surface area contributed by atoms with E-state index in [9.17, 15) is 9.59 Å². The third-order valence-electron chi connectivity index (χ3n) is 6.98. The summed E-state index contributed by atoms with van der Waals surface area (Å²) >= 11 is 0. The van der Waals surface area contributed by atoms with Crippen molar-refractivity contribution >= 4 is 38.4 Å². The summed E-state index contributed by atoms with van der Waals surface area (Å²) in [7, 11) is 0. The van der Waals surface area contributed by atoms with E-state index in [1.165, 1.54) is 6.07 Å².